The van der Waals surface area contributed by atoms with Gasteiger partial charge in [0.2, 0.25) is 5.95 Å². The lowest BCUT2D eigenvalue weighted by Crippen LogP contribution is -2.30. The van der Waals surface area contributed by atoms with Gasteiger partial charge in [-0.1, -0.05) is 19.1 Å². The maximum atomic E-state index is 13.4. The molecule has 0 unspecified atom stereocenters. The van der Waals surface area contributed by atoms with Gasteiger partial charge in [-0.05, 0) is 81.6 Å². The second kappa shape index (κ2) is 9.72. The monoisotopic (exact) mass is 498 g/mol. The average molecular weight is 499 g/mol. The second-order valence-corrected chi connectivity index (χ2v) is 10.3. The van der Waals surface area contributed by atoms with E-state index in [9.17, 15) is 4.79 Å². The van der Waals surface area contributed by atoms with Gasteiger partial charge < -0.3 is 10.6 Å². The summed E-state index contributed by atoms with van der Waals surface area (Å²) in [5.74, 6) is 1.17. The van der Waals surface area contributed by atoms with Crippen LogP contribution in [0, 0.1) is 0 Å². The highest BCUT2D eigenvalue weighted by Gasteiger charge is 2.31. The number of nitrogens with zero attached hydrogens (tertiary/aromatic N) is 6. The SMILES string of the molecule is CCN(Cc1cccc(-n2c3nc(Nc4ccc5c(c4)CNCC5)ncc3c(=O)n2C2CC2)n1)C(C)C. The molecule has 3 aromatic heterocycles. The predicted molar refractivity (Wildman–Crippen MR) is 146 cm³/mol. The first-order valence-electron chi connectivity index (χ1n) is 13.3. The van der Waals surface area contributed by atoms with E-state index in [2.05, 4.69) is 59.5 Å². The van der Waals surface area contributed by atoms with Crippen LogP contribution in [0.25, 0.3) is 16.9 Å². The Morgan fingerprint density at radius 1 is 1.16 bits per heavy atom. The van der Waals surface area contributed by atoms with Gasteiger partial charge in [0.1, 0.15) is 5.39 Å². The van der Waals surface area contributed by atoms with Crippen LogP contribution in [-0.2, 0) is 19.5 Å². The molecule has 1 aliphatic carbocycles. The molecule has 2 aliphatic rings. The maximum absolute atomic E-state index is 13.4. The number of fused-ring (bicyclic) bond motifs is 2. The summed E-state index contributed by atoms with van der Waals surface area (Å²) in [7, 11) is 0. The van der Waals surface area contributed by atoms with Crippen LogP contribution in [0.2, 0.25) is 0 Å². The lowest BCUT2D eigenvalue weighted by molar-refractivity contribution is 0.222. The number of nitrogens with one attached hydrogen (secondary N) is 2. The molecule has 0 amide bonds. The minimum Gasteiger partial charge on any atom is -0.324 e. The molecule has 1 saturated carbocycles. The normalized spacial score (nSPS) is 15.5. The van der Waals surface area contributed by atoms with Crippen molar-refractivity contribution >= 4 is 22.7 Å². The summed E-state index contributed by atoms with van der Waals surface area (Å²) in [5.41, 5.74) is 5.09. The highest BCUT2D eigenvalue weighted by atomic mass is 16.1. The number of hydrogen-bond acceptors (Lipinski definition) is 7. The van der Waals surface area contributed by atoms with Crippen molar-refractivity contribution in [1.29, 1.82) is 0 Å². The van der Waals surface area contributed by atoms with E-state index >= 15 is 0 Å². The van der Waals surface area contributed by atoms with Crippen LogP contribution in [0.5, 0.6) is 0 Å². The molecule has 0 radical (unpaired) electrons. The van der Waals surface area contributed by atoms with E-state index in [4.69, 9.17) is 9.97 Å². The van der Waals surface area contributed by atoms with Crippen molar-refractivity contribution in [2.24, 2.45) is 0 Å². The lowest BCUT2D eigenvalue weighted by Gasteiger charge is -2.24. The Morgan fingerprint density at radius 3 is 2.81 bits per heavy atom. The van der Waals surface area contributed by atoms with Crippen molar-refractivity contribution in [3.63, 3.8) is 0 Å². The minimum absolute atomic E-state index is 0.0616. The maximum Gasteiger partial charge on any atom is 0.278 e. The topological polar surface area (TPSA) is 92.9 Å². The Hall–Kier alpha value is -3.56. The van der Waals surface area contributed by atoms with Gasteiger partial charge >= 0.3 is 0 Å². The summed E-state index contributed by atoms with van der Waals surface area (Å²) in [6.45, 7) is 10.1. The van der Waals surface area contributed by atoms with E-state index in [1.54, 1.807) is 6.20 Å². The van der Waals surface area contributed by atoms with E-state index in [1.807, 2.05) is 27.6 Å². The first-order chi connectivity index (χ1) is 18.0. The molecular weight excluding hydrogens is 464 g/mol. The molecule has 0 saturated heterocycles. The van der Waals surface area contributed by atoms with Crippen molar-refractivity contribution in [1.82, 2.24) is 34.5 Å². The van der Waals surface area contributed by atoms with Gasteiger partial charge in [0, 0.05) is 31.0 Å². The number of anilines is 2. The number of aromatic nitrogens is 5. The van der Waals surface area contributed by atoms with Crippen LogP contribution in [0.4, 0.5) is 11.6 Å². The molecule has 6 rings (SSSR count). The van der Waals surface area contributed by atoms with Crippen LogP contribution in [0.15, 0.2) is 47.4 Å². The molecule has 37 heavy (non-hydrogen) atoms. The van der Waals surface area contributed by atoms with Crippen molar-refractivity contribution in [2.75, 3.05) is 18.4 Å². The van der Waals surface area contributed by atoms with Gasteiger partial charge in [-0.25, -0.2) is 19.3 Å². The van der Waals surface area contributed by atoms with Crippen LogP contribution in [-0.4, -0.2) is 48.3 Å². The fourth-order valence-electron chi connectivity index (χ4n) is 5.16. The Morgan fingerprint density at radius 2 is 2.03 bits per heavy atom. The third-order valence-corrected chi connectivity index (χ3v) is 7.38. The smallest absolute Gasteiger partial charge is 0.278 e. The zero-order chi connectivity index (χ0) is 25.5. The molecule has 9 nitrogen and oxygen atoms in total. The zero-order valence-electron chi connectivity index (χ0n) is 21.7. The van der Waals surface area contributed by atoms with Crippen LogP contribution >= 0.6 is 0 Å². The van der Waals surface area contributed by atoms with Crippen LogP contribution in [0.1, 0.15) is 56.5 Å². The number of rotatable bonds is 8. The fraction of sp³-hybridized carbons (Fsp3) is 0.429. The van der Waals surface area contributed by atoms with E-state index in [-0.39, 0.29) is 11.6 Å². The second-order valence-electron chi connectivity index (χ2n) is 10.3. The van der Waals surface area contributed by atoms with Gasteiger partial charge in [0.05, 0.1) is 11.7 Å². The van der Waals surface area contributed by atoms with E-state index < -0.39 is 0 Å². The third kappa shape index (κ3) is 4.65. The molecular formula is C28H34N8O. The molecule has 0 atom stereocenters. The standard InChI is InChI=1S/C28H34N8O/c1-4-34(18(2)3)17-22-6-5-7-25(31-22)36-26-24(27(37)35(36)23-10-11-23)16-30-28(33-26)32-21-9-8-19-12-13-29-15-20(19)14-21/h5-9,14,16,18,23,29H,4,10-13,15,17H2,1-3H3,(H,30,32,33). The third-order valence-electron chi connectivity index (χ3n) is 7.38. The van der Waals surface area contributed by atoms with Crippen molar-refractivity contribution in [3.05, 3.63) is 69.8 Å². The largest absolute Gasteiger partial charge is 0.324 e. The fourth-order valence-corrected chi connectivity index (χ4v) is 5.16. The summed E-state index contributed by atoms with van der Waals surface area (Å²) in [5, 5.41) is 7.29. The summed E-state index contributed by atoms with van der Waals surface area (Å²) in [6.07, 6.45) is 4.64. The van der Waals surface area contributed by atoms with Crippen LogP contribution < -0.4 is 16.2 Å². The molecule has 1 aliphatic heterocycles. The average Bonchev–Trinajstić information content (AvgIpc) is 3.71. The Labute approximate surface area is 216 Å². The van der Waals surface area contributed by atoms with Crippen molar-refractivity contribution < 1.29 is 0 Å². The van der Waals surface area contributed by atoms with Gasteiger partial charge in [-0.2, -0.15) is 4.98 Å². The summed E-state index contributed by atoms with van der Waals surface area (Å²) in [6, 6.07) is 13.0. The molecule has 9 heteroatoms. The predicted octanol–water partition coefficient (Wildman–Crippen LogP) is 3.93. The highest BCUT2D eigenvalue weighted by molar-refractivity contribution is 5.77. The Bertz CT molecular complexity index is 1500. The molecule has 1 aromatic carbocycles. The number of hydrogen-bond donors (Lipinski definition) is 2. The minimum atomic E-state index is -0.0616. The molecule has 4 heterocycles. The van der Waals surface area contributed by atoms with Gasteiger partial charge in [0.25, 0.3) is 5.56 Å². The quantitative estimate of drug-likeness (QED) is 0.380. The molecule has 192 valence electrons. The molecule has 4 aromatic rings. The molecule has 0 spiro atoms. The zero-order valence-corrected chi connectivity index (χ0v) is 21.7. The van der Waals surface area contributed by atoms with Gasteiger partial charge in [-0.3, -0.25) is 9.69 Å². The molecule has 2 N–H and O–H groups in total. The van der Waals surface area contributed by atoms with Gasteiger partial charge in [0.15, 0.2) is 11.5 Å². The number of pyridine rings is 1. The first kappa shape index (κ1) is 23.8. The van der Waals surface area contributed by atoms with E-state index in [0.717, 1.165) is 56.8 Å². The highest BCUT2D eigenvalue weighted by Crippen LogP contribution is 2.35. The Kier molecular flexibility index (Phi) is 6.26. The number of benzene rings is 1. The Balaban J connectivity index is 1.40. The summed E-state index contributed by atoms with van der Waals surface area (Å²) >= 11 is 0. The molecule has 1 fully saturated rings. The lowest BCUT2D eigenvalue weighted by atomic mass is 10.0. The molecule has 0 bridgehead atoms. The first-order valence-corrected chi connectivity index (χ1v) is 13.3. The van der Waals surface area contributed by atoms with E-state index in [1.165, 1.54) is 11.1 Å². The van der Waals surface area contributed by atoms with Crippen molar-refractivity contribution in [3.8, 4) is 5.82 Å². The van der Waals surface area contributed by atoms with E-state index in [0.29, 0.717) is 28.8 Å². The van der Waals surface area contributed by atoms with Gasteiger partial charge in [-0.15, -0.1) is 0 Å². The van der Waals surface area contributed by atoms with Crippen molar-refractivity contribution in [2.45, 2.75) is 65.2 Å². The summed E-state index contributed by atoms with van der Waals surface area (Å²) < 4.78 is 3.72. The summed E-state index contributed by atoms with van der Waals surface area (Å²) in [4.78, 5) is 30.1. The van der Waals surface area contributed by atoms with Crippen LogP contribution in [0.3, 0.4) is 0 Å².